The molecule has 1 aliphatic rings. The number of aromatic amines is 1. The van der Waals surface area contributed by atoms with Gasteiger partial charge in [0.25, 0.3) is 0 Å². The van der Waals surface area contributed by atoms with Gasteiger partial charge in [-0.15, -0.1) is 0 Å². The van der Waals surface area contributed by atoms with E-state index in [2.05, 4.69) is 60.6 Å². The van der Waals surface area contributed by atoms with Gasteiger partial charge in [-0.2, -0.15) is 0 Å². The lowest BCUT2D eigenvalue weighted by molar-refractivity contribution is 0.169. The van der Waals surface area contributed by atoms with Crippen LogP contribution >= 0.6 is 0 Å². The zero-order chi connectivity index (χ0) is 18.5. The van der Waals surface area contributed by atoms with E-state index in [-0.39, 0.29) is 0 Å². The van der Waals surface area contributed by atoms with Gasteiger partial charge in [0.2, 0.25) is 0 Å². The number of para-hydroxylation sites is 1. The van der Waals surface area contributed by atoms with Crippen LogP contribution in [0.2, 0.25) is 0 Å². The molecule has 0 atom stereocenters. The van der Waals surface area contributed by atoms with E-state index in [0.717, 1.165) is 57.3 Å². The summed E-state index contributed by atoms with van der Waals surface area (Å²) in [5.41, 5.74) is 3.43. The van der Waals surface area contributed by atoms with Crippen LogP contribution in [0, 0.1) is 0 Å². The minimum absolute atomic E-state index is 0.844. The Morgan fingerprint density at radius 2 is 2.07 bits per heavy atom. The molecule has 2 aromatic heterocycles. The van der Waals surface area contributed by atoms with Crippen LogP contribution < -0.4 is 5.32 Å². The van der Waals surface area contributed by atoms with Gasteiger partial charge in [0, 0.05) is 70.0 Å². The van der Waals surface area contributed by atoms with E-state index in [1.807, 2.05) is 13.1 Å². The minimum atomic E-state index is 0.844. The Balaban J connectivity index is 1.24. The Labute approximate surface area is 159 Å². The molecule has 2 N–H and O–H groups in total. The molecule has 7 heteroatoms. The predicted molar refractivity (Wildman–Crippen MR) is 107 cm³/mol. The van der Waals surface area contributed by atoms with Crippen molar-refractivity contribution in [3.05, 3.63) is 54.0 Å². The summed E-state index contributed by atoms with van der Waals surface area (Å²) in [6.07, 6.45) is 2.57. The van der Waals surface area contributed by atoms with E-state index in [9.17, 15) is 0 Å². The van der Waals surface area contributed by atoms with Gasteiger partial charge in [-0.25, -0.2) is 0 Å². The number of nitrogens with zero attached hydrogens (tertiary/aromatic N) is 4. The van der Waals surface area contributed by atoms with Crippen molar-refractivity contribution >= 4 is 16.9 Å². The number of fused-ring (bicyclic) bond motifs is 1. The Morgan fingerprint density at radius 3 is 2.81 bits per heavy atom. The van der Waals surface area contributed by atoms with E-state index in [1.54, 1.807) is 6.26 Å². The van der Waals surface area contributed by atoms with Crippen LogP contribution in [0.3, 0.4) is 0 Å². The zero-order valence-corrected chi connectivity index (χ0v) is 15.7. The molecular formula is C20H26N6O. The third-order valence-electron chi connectivity index (χ3n) is 5.02. The molecule has 1 saturated heterocycles. The summed E-state index contributed by atoms with van der Waals surface area (Å²) in [7, 11) is 1.85. The number of aliphatic imine (C=N–C) groups is 1. The van der Waals surface area contributed by atoms with E-state index in [0.29, 0.717) is 0 Å². The molecule has 0 spiro atoms. The number of hydrogen-bond donors (Lipinski definition) is 2. The average molecular weight is 366 g/mol. The molecule has 3 heterocycles. The SMILES string of the molecule is CN=C(NCCc1cc2ccccc2[nH]1)N1CCN(Cc2ccon2)CC1. The maximum atomic E-state index is 4.91. The predicted octanol–water partition coefficient (Wildman–Crippen LogP) is 2.09. The molecule has 0 bridgehead atoms. The van der Waals surface area contributed by atoms with Crippen LogP contribution in [0.4, 0.5) is 0 Å². The average Bonchev–Trinajstić information content (AvgIpc) is 3.35. The highest BCUT2D eigenvalue weighted by Crippen LogP contribution is 2.14. The highest BCUT2D eigenvalue weighted by Gasteiger charge is 2.20. The first-order chi connectivity index (χ1) is 13.3. The summed E-state index contributed by atoms with van der Waals surface area (Å²) < 4.78 is 4.91. The van der Waals surface area contributed by atoms with Gasteiger partial charge in [0.15, 0.2) is 5.96 Å². The Morgan fingerprint density at radius 1 is 1.22 bits per heavy atom. The number of aromatic nitrogens is 2. The van der Waals surface area contributed by atoms with Crippen molar-refractivity contribution in [3.8, 4) is 0 Å². The second-order valence-electron chi connectivity index (χ2n) is 6.86. The maximum Gasteiger partial charge on any atom is 0.193 e. The number of nitrogens with one attached hydrogen (secondary N) is 2. The molecule has 0 radical (unpaired) electrons. The van der Waals surface area contributed by atoms with E-state index < -0.39 is 0 Å². The van der Waals surface area contributed by atoms with E-state index in [1.165, 1.54) is 16.6 Å². The van der Waals surface area contributed by atoms with Gasteiger partial charge in [-0.3, -0.25) is 9.89 Å². The molecule has 0 unspecified atom stereocenters. The van der Waals surface area contributed by atoms with Crippen LogP contribution in [0.1, 0.15) is 11.4 Å². The van der Waals surface area contributed by atoms with Crippen molar-refractivity contribution < 1.29 is 4.52 Å². The number of hydrogen-bond acceptors (Lipinski definition) is 4. The second-order valence-corrected chi connectivity index (χ2v) is 6.86. The Hall–Kier alpha value is -2.80. The van der Waals surface area contributed by atoms with E-state index in [4.69, 9.17) is 4.52 Å². The van der Waals surface area contributed by atoms with E-state index >= 15 is 0 Å². The first-order valence-corrected chi connectivity index (χ1v) is 9.45. The van der Waals surface area contributed by atoms with Crippen LogP contribution in [0.5, 0.6) is 0 Å². The van der Waals surface area contributed by atoms with Gasteiger partial charge in [-0.1, -0.05) is 23.4 Å². The zero-order valence-electron chi connectivity index (χ0n) is 15.7. The summed E-state index contributed by atoms with van der Waals surface area (Å²) >= 11 is 0. The molecule has 7 nitrogen and oxygen atoms in total. The number of guanidine groups is 1. The maximum absolute atomic E-state index is 4.91. The fourth-order valence-corrected chi connectivity index (χ4v) is 3.58. The molecule has 0 aliphatic carbocycles. The van der Waals surface area contributed by atoms with Gasteiger partial charge < -0.3 is 19.7 Å². The largest absolute Gasteiger partial charge is 0.364 e. The topological polar surface area (TPSA) is 72.7 Å². The van der Waals surface area contributed by atoms with Crippen LogP contribution in [-0.2, 0) is 13.0 Å². The Kier molecular flexibility index (Phi) is 5.39. The monoisotopic (exact) mass is 366 g/mol. The third kappa shape index (κ3) is 4.31. The first-order valence-electron chi connectivity index (χ1n) is 9.45. The summed E-state index contributed by atoms with van der Waals surface area (Å²) in [6.45, 7) is 5.62. The highest BCUT2D eigenvalue weighted by atomic mass is 16.5. The summed E-state index contributed by atoms with van der Waals surface area (Å²) in [5, 5.41) is 8.76. The summed E-state index contributed by atoms with van der Waals surface area (Å²) in [6, 6.07) is 12.5. The molecule has 0 amide bonds. The molecule has 1 aliphatic heterocycles. The van der Waals surface area contributed by atoms with Crippen LogP contribution in [0.25, 0.3) is 10.9 Å². The molecule has 0 saturated carbocycles. The molecule has 27 heavy (non-hydrogen) atoms. The van der Waals surface area contributed by atoms with Crippen molar-refractivity contribution in [2.75, 3.05) is 39.8 Å². The second kappa shape index (κ2) is 8.26. The van der Waals surface area contributed by atoms with Gasteiger partial charge >= 0.3 is 0 Å². The van der Waals surface area contributed by atoms with Crippen molar-refractivity contribution in [1.29, 1.82) is 0 Å². The summed E-state index contributed by atoms with van der Waals surface area (Å²) in [4.78, 5) is 12.7. The van der Waals surface area contributed by atoms with Gasteiger partial charge in [-0.05, 0) is 17.5 Å². The lowest BCUT2D eigenvalue weighted by atomic mass is 10.2. The lowest BCUT2D eigenvalue weighted by Gasteiger charge is -2.36. The van der Waals surface area contributed by atoms with Crippen LogP contribution in [0.15, 0.2) is 52.2 Å². The molecule has 3 aromatic rings. The molecule has 1 aromatic carbocycles. The third-order valence-corrected chi connectivity index (χ3v) is 5.02. The molecule has 142 valence electrons. The van der Waals surface area contributed by atoms with Crippen molar-refractivity contribution in [3.63, 3.8) is 0 Å². The molecular weight excluding hydrogens is 340 g/mol. The van der Waals surface area contributed by atoms with Crippen molar-refractivity contribution in [2.24, 2.45) is 4.99 Å². The number of rotatable bonds is 5. The van der Waals surface area contributed by atoms with Gasteiger partial charge in [0.1, 0.15) is 6.26 Å². The lowest BCUT2D eigenvalue weighted by Crippen LogP contribution is -2.52. The summed E-state index contributed by atoms with van der Waals surface area (Å²) in [5.74, 6) is 0.979. The molecule has 1 fully saturated rings. The smallest absolute Gasteiger partial charge is 0.193 e. The van der Waals surface area contributed by atoms with Gasteiger partial charge in [0.05, 0.1) is 5.69 Å². The van der Waals surface area contributed by atoms with Crippen molar-refractivity contribution in [2.45, 2.75) is 13.0 Å². The quantitative estimate of drug-likeness (QED) is 0.534. The fourth-order valence-electron chi connectivity index (χ4n) is 3.58. The number of piperazine rings is 1. The standard InChI is InChI=1S/C20H26N6O/c1-21-20(22-8-6-17-14-16-4-2-3-5-19(16)23-17)26-11-9-25(10-12-26)15-18-7-13-27-24-18/h2-5,7,13-14,23H,6,8-12,15H2,1H3,(H,21,22). The Bertz CT molecular complexity index is 844. The molecule has 4 rings (SSSR count). The normalized spacial score (nSPS) is 16.2. The van der Waals surface area contributed by atoms with Crippen molar-refractivity contribution in [1.82, 2.24) is 25.3 Å². The minimum Gasteiger partial charge on any atom is -0.364 e. The highest BCUT2D eigenvalue weighted by molar-refractivity contribution is 5.81. The number of benzene rings is 1. The number of H-pyrrole nitrogens is 1. The first kappa shape index (κ1) is 17.6. The fraction of sp³-hybridized carbons (Fsp3) is 0.400. The van der Waals surface area contributed by atoms with Crippen LogP contribution in [-0.4, -0.2) is 65.7 Å².